The van der Waals surface area contributed by atoms with E-state index in [0.29, 0.717) is 0 Å². The summed E-state index contributed by atoms with van der Waals surface area (Å²) >= 11 is 0. The normalized spacial score (nSPS) is 21.8. The van der Waals surface area contributed by atoms with Crippen molar-refractivity contribution in [1.29, 1.82) is 0 Å². The molecule has 132 valence electrons. The Labute approximate surface area is 145 Å². The number of hydrogen-bond acceptors (Lipinski definition) is 3. The Morgan fingerprint density at radius 1 is 1.21 bits per heavy atom. The summed E-state index contributed by atoms with van der Waals surface area (Å²) in [5, 5.41) is 3.27. The third-order valence-electron chi connectivity index (χ3n) is 5.16. The number of nitrogens with zero attached hydrogens (tertiary/aromatic N) is 2. The lowest BCUT2D eigenvalue weighted by atomic mass is 9.89. The SMILES string of the molecule is CC1(C)CCN1C(=O)N[C@H](Cc1ccccc1)CN1CCOCC1. The maximum atomic E-state index is 12.7. The Hall–Kier alpha value is -1.59. The fourth-order valence-electron chi connectivity index (χ4n) is 3.46. The molecule has 2 heterocycles. The molecule has 0 saturated carbocycles. The lowest BCUT2D eigenvalue weighted by Gasteiger charge is -2.48. The zero-order valence-corrected chi connectivity index (χ0v) is 14.8. The Morgan fingerprint density at radius 3 is 2.50 bits per heavy atom. The molecule has 2 aliphatic rings. The van der Waals surface area contributed by atoms with E-state index in [0.717, 1.165) is 52.2 Å². The number of carbonyl (C=O) groups excluding carboxylic acids is 1. The summed E-state index contributed by atoms with van der Waals surface area (Å²) in [5.74, 6) is 0. The number of urea groups is 1. The number of nitrogens with one attached hydrogen (secondary N) is 1. The minimum absolute atomic E-state index is 0.0135. The summed E-state index contributed by atoms with van der Waals surface area (Å²) in [4.78, 5) is 17.0. The Balaban J connectivity index is 1.63. The first kappa shape index (κ1) is 17.2. The summed E-state index contributed by atoms with van der Waals surface area (Å²) in [6.45, 7) is 9.43. The summed E-state index contributed by atoms with van der Waals surface area (Å²) in [7, 11) is 0. The van der Waals surface area contributed by atoms with E-state index in [1.54, 1.807) is 0 Å². The van der Waals surface area contributed by atoms with Crippen molar-refractivity contribution in [2.45, 2.75) is 38.3 Å². The van der Waals surface area contributed by atoms with Gasteiger partial charge in [-0.1, -0.05) is 30.3 Å². The van der Waals surface area contributed by atoms with Gasteiger partial charge in [-0.3, -0.25) is 4.90 Å². The second-order valence-corrected chi connectivity index (χ2v) is 7.46. The quantitative estimate of drug-likeness (QED) is 0.899. The number of carbonyl (C=O) groups is 1. The highest BCUT2D eigenvalue weighted by atomic mass is 16.5. The summed E-state index contributed by atoms with van der Waals surface area (Å²) in [6.07, 6.45) is 1.94. The fourth-order valence-corrected chi connectivity index (χ4v) is 3.46. The molecule has 1 N–H and O–H groups in total. The molecule has 0 bridgehead atoms. The van der Waals surface area contributed by atoms with Gasteiger partial charge in [-0.15, -0.1) is 0 Å². The van der Waals surface area contributed by atoms with Gasteiger partial charge in [0.15, 0.2) is 0 Å². The third-order valence-corrected chi connectivity index (χ3v) is 5.16. The molecule has 0 radical (unpaired) electrons. The lowest BCUT2D eigenvalue weighted by Crippen LogP contribution is -2.63. The smallest absolute Gasteiger partial charge is 0.318 e. The molecule has 0 unspecified atom stereocenters. The molecule has 5 nitrogen and oxygen atoms in total. The second-order valence-electron chi connectivity index (χ2n) is 7.46. The van der Waals surface area contributed by atoms with Crippen molar-refractivity contribution < 1.29 is 9.53 Å². The van der Waals surface area contributed by atoms with Crippen LogP contribution in [-0.2, 0) is 11.2 Å². The van der Waals surface area contributed by atoms with Gasteiger partial charge < -0.3 is 15.0 Å². The molecule has 2 amide bonds. The topological polar surface area (TPSA) is 44.8 Å². The maximum Gasteiger partial charge on any atom is 0.318 e. The highest BCUT2D eigenvalue weighted by molar-refractivity contribution is 5.76. The lowest BCUT2D eigenvalue weighted by molar-refractivity contribution is 0.0304. The molecule has 24 heavy (non-hydrogen) atoms. The predicted molar refractivity (Wildman–Crippen MR) is 95.1 cm³/mol. The molecule has 2 saturated heterocycles. The Bertz CT molecular complexity index is 541. The van der Waals surface area contributed by atoms with Gasteiger partial charge in [0, 0.05) is 37.8 Å². The second kappa shape index (κ2) is 7.53. The zero-order chi connectivity index (χ0) is 17.0. The van der Waals surface area contributed by atoms with E-state index in [9.17, 15) is 4.79 Å². The van der Waals surface area contributed by atoms with Crippen molar-refractivity contribution in [3.05, 3.63) is 35.9 Å². The third kappa shape index (κ3) is 4.28. The number of hydrogen-bond donors (Lipinski definition) is 1. The minimum atomic E-state index is -0.0135. The van der Waals surface area contributed by atoms with Crippen molar-refractivity contribution in [2.75, 3.05) is 39.4 Å². The van der Waals surface area contributed by atoms with Crippen LogP contribution in [0.15, 0.2) is 30.3 Å². The van der Waals surface area contributed by atoms with Crippen LogP contribution in [0, 0.1) is 0 Å². The molecule has 2 aliphatic heterocycles. The molecular formula is C19H29N3O2. The molecule has 1 atom stereocenters. The summed E-state index contributed by atoms with van der Waals surface area (Å²) in [5.41, 5.74) is 1.25. The number of morpholine rings is 1. The molecule has 3 rings (SSSR count). The van der Waals surface area contributed by atoms with Crippen LogP contribution in [0.2, 0.25) is 0 Å². The van der Waals surface area contributed by atoms with Crippen LogP contribution in [-0.4, -0.2) is 66.8 Å². The van der Waals surface area contributed by atoms with Gasteiger partial charge in [0.25, 0.3) is 0 Å². The van der Waals surface area contributed by atoms with Crippen molar-refractivity contribution in [2.24, 2.45) is 0 Å². The first-order chi connectivity index (χ1) is 11.5. The monoisotopic (exact) mass is 331 g/mol. The van der Waals surface area contributed by atoms with Crippen molar-refractivity contribution >= 4 is 6.03 Å². The standard InChI is InChI=1S/C19H29N3O2/c1-19(2)8-9-22(19)18(23)20-17(14-16-6-4-3-5-7-16)15-21-10-12-24-13-11-21/h3-7,17H,8-15H2,1-2H3,(H,20,23)/t17-/m1/s1. The number of ether oxygens (including phenoxy) is 1. The first-order valence-electron chi connectivity index (χ1n) is 8.97. The minimum Gasteiger partial charge on any atom is -0.379 e. The van der Waals surface area contributed by atoms with Crippen molar-refractivity contribution in [3.8, 4) is 0 Å². The van der Waals surface area contributed by atoms with E-state index in [4.69, 9.17) is 4.74 Å². The van der Waals surface area contributed by atoms with E-state index >= 15 is 0 Å². The molecule has 0 spiro atoms. The van der Waals surface area contributed by atoms with Gasteiger partial charge in [0.2, 0.25) is 0 Å². The molecule has 2 fully saturated rings. The van der Waals surface area contributed by atoms with Gasteiger partial charge in [-0.05, 0) is 32.3 Å². The molecular weight excluding hydrogens is 302 g/mol. The zero-order valence-electron chi connectivity index (χ0n) is 14.8. The average Bonchev–Trinajstić information content (AvgIpc) is 2.55. The van der Waals surface area contributed by atoms with E-state index in [-0.39, 0.29) is 17.6 Å². The molecule has 1 aromatic rings. The van der Waals surface area contributed by atoms with Gasteiger partial charge in [0.05, 0.1) is 13.2 Å². The molecule has 5 heteroatoms. The van der Waals surface area contributed by atoms with Gasteiger partial charge in [-0.25, -0.2) is 4.79 Å². The molecule has 1 aromatic carbocycles. The predicted octanol–water partition coefficient (Wildman–Crippen LogP) is 2.12. The van der Waals surface area contributed by atoms with Crippen LogP contribution in [0.3, 0.4) is 0 Å². The van der Waals surface area contributed by atoms with Crippen LogP contribution in [0.25, 0.3) is 0 Å². The van der Waals surface area contributed by atoms with Crippen LogP contribution in [0.1, 0.15) is 25.8 Å². The largest absolute Gasteiger partial charge is 0.379 e. The van der Waals surface area contributed by atoms with Crippen molar-refractivity contribution in [1.82, 2.24) is 15.1 Å². The average molecular weight is 331 g/mol. The Morgan fingerprint density at radius 2 is 1.92 bits per heavy atom. The van der Waals surface area contributed by atoms with Crippen LogP contribution in [0.4, 0.5) is 4.79 Å². The van der Waals surface area contributed by atoms with Gasteiger partial charge >= 0.3 is 6.03 Å². The van der Waals surface area contributed by atoms with E-state index in [1.807, 2.05) is 11.0 Å². The Kier molecular flexibility index (Phi) is 5.41. The molecule has 0 aliphatic carbocycles. The van der Waals surface area contributed by atoms with E-state index in [1.165, 1.54) is 5.56 Å². The highest BCUT2D eigenvalue weighted by Crippen LogP contribution is 2.29. The number of likely N-dealkylation sites (tertiary alicyclic amines) is 1. The first-order valence-corrected chi connectivity index (χ1v) is 8.97. The number of rotatable bonds is 5. The van der Waals surface area contributed by atoms with E-state index in [2.05, 4.69) is 48.3 Å². The van der Waals surface area contributed by atoms with Crippen LogP contribution >= 0.6 is 0 Å². The van der Waals surface area contributed by atoms with Gasteiger partial charge in [0.1, 0.15) is 0 Å². The maximum absolute atomic E-state index is 12.7. The summed E-state index contributed by atoms with van der Waals surface area (Å²) in [6, 6.07) is 10.6. The highest BCUT2D eigenvalue weighted by Gasteiger charge is 2.39. The van der Waals surface area contributed by atoms with Crippen LogP contribution < -0.4 is 5.32 Å². The van der Waals surface area contributed by atoms with E-state index < -0.39 is 0 Å². The molecule has 0 aromatic heterocycles. The number of benzene rings is 1. The number of amides is 2. The fraction of sp³-hybridized carbons (Fsp3) is 0.632. The van der Waals surface area contributed by atoms with Gasteiger partial charge in [-0.2, -0.15) is 0 Å². The van der Waals surface area contributed by atoms with Crippen LogP contribution in [0.5, 0.6) is 0 Å². The summed E-state index contributed by atoms with van der Waals surface area (Å²) < 4.78 is 5.44. The van der Waals surface area contributed by atoms with Crippen molar-refractivity contribution in [3.63, 3.8) is 0 Å².